The van der Waals surface area contributed by atoms with Gasteiger partial charge in [-0.2, -0.15) is 0 Å². The van der Waals surface area contributed by atoms with Gasteiger partial charge in [-0.25, -0.2) is 0 Å². The number of hydrogen-bond donors (Lipinski definition) is 2. The van der Waals surface area contributed by atoms with Crippen LogP contribution in [-0.2, 0) is 13.0 Å². The molecule has 0 radical (unpaired) electrons. The van der Waals surface area contributed by atoms with Crippen LogP contribution in [0.25, 0.3) is 0 Å². The Bertz CT molecular complexity index is 1180. The average molecular weight is 426 g/mol. The predicted octanol–water partition coefficient (Wildman–Crippen LogP) is 4.70. The normalized spacial score (nSPS) is 15.1. The van der Waals surface area contributed by atoms with E-state index in [2.05, 4.69) is 39.8 Å². The Morgan fingerprint density at radius 1 is 0.875 bits per heavy atom. The van der Waals surface area contributed by atoms with Gasteiger partial charge in [-0.1, -0.05) is 42.5 Å². The van der Waals surface area contributed by atoms with E-state index in [0.29, 0.717) is 16.8 Å². The first-order chi connectivity index (χ1) is 15.6. The van der Waals surface area contributed by atoms with Crippen LogP contribution < -0.4 is 15.5 Å². The van der Waals surface area contributed by atoms with Crippen molar-refractivity contribution >= 4 is 23.2 Å². The molecule has 1 aliphatic carbocycles. The Hall–Kier alpha value is -3.60. The van der Waals surface area contributed by atoms with Crippen molar-refractivity contribution in [3.05, 3.63) is 94.5 Å². The van der Waals surface area contributed by atoms with Gasteiger partial charge in [0.1, 0.15) is 0 Å². The third-order valence-corrected chi connectivity index (χ3v) is 6.27. The standard InChI is InChI=1S/C27H27N3O2/c1-18-6-2-5-9-23(18)26(31)29-22-12-13-25(24(16-22)27(32)28-21-10-11-21)30-15-14-19-7-3-4-8-20(19)17-30/h2-9,12-13,16,21H,10-11,14-15,17H2,1H3,(H,28,32)(H,29,31). The van der Waals surface area contributed by atoms with Gasteiger partial charge in [0.05, 0.1) is 5.56 Å². The molecule has 1 aliphatic heterocycles. The van der Waals surface area contributed by atoms with Crippen molar-refractivity contribution in [3.63, 3.8) is 0 Å². The summed E-state index contributed by atoms with van der Waals surface area (Å²) in [5.74, 6) is -0.246. The third-order valence-electron chi connectivity index (χ3n) is 6.27. The molecule has 2 aliphatic rings. The van der Waals surface area contributed by atoms with Gasteiger partial charge in [0.25, 0.3) is 11.8 Å². The molecule has 3 aromatic rings. The van der Waals surface area contributed by atoms with E-state index < -0.39 is 0 Å². The minimum atomic E-state index is -0.170. The molecular formula is C27H27N3O2. The van der Waals surface area contributed by atoms with Crippen LogP contribution in [-0.4, -0.2) is 24.4 Å². The maximum atomic E-state index is 13.1. The molecule has 32 heavy (non-hydrogen) atoms. The highest BCUT2D eigenvalue weighted by atomic mass is 16.2. The van der Waals surface area contributed by atoms with Crippen LogP contribution in [0.2, 0.25) is 0 Å². The summed E-state index contributed by atoms with van der Waals surface area (Å²) in [6.07, 6.45) is 3.01. The van der Waals surface area contributed by atoms with Gasteiger partial charge in [0, 0.05) is 36.1 Å². The van der Waals surface area contributed by atoms with Gasteiger partial charge >= 0.3 is 0 Å². The van der Waals surface area contributed by atoms with Gasteiger partial charge in [-0.05, 0) is 67.1 Å². The second-order valence-corrected chi connectivity index (χ2v) is 8.69. The number of aryl methyl sites for hydroxylation is 1. The summed E-state index contributed by atoms with van der Waals surface area (Å²) >= 11 is 0. The van der Waals surface area contributed by atoms with E-state index in [9.17, 15) is 9.59 Å². The number of anilines is 2. The van der Waals surface area contributed by atoms with Crippen LogP contribution in [0.5, 0.6) is 0 Å². The number of benzene rings is 3. The second-order valence-electron chi connectivity index (χ2n) is 8.69. The molecule has 5 nitrogen and oxygen atoms in total. The fourth-order valence-electron chi connectivity index (χ4n) is 4.29. The minimum absolute atomic E-state index is 0.0756. The minimum Gasteiger partial charge on any atom is -0.366 e. The van der Waals surface area contributed by atoms with Gasteiger partial charge in [0.2, 0.25) is 0 Å². The van der Waals surface area contributed by atoms with Crippen molar-refractivity contribution in [2.24, 2.45) is 0 Å². The lowest BCUT2D eigenvalue weighted by molar-refractivity contribution is 0.0950. The fourth-order valence-corrected chi connectivity index (χ4v) is 4.29. The van der Waals surface area contributed by atoms with Crippen LogP contribution in [0.1, 0.15) is 50.2 Å². The molecule has 0 saturated heterocycles. The molecule has 2 amide bonds. The lowest BCUT2D eigenvalue weighted by Gasteiger charge is -2.32. The van der Waals surface area contributed by atoms with Gasteiger partial charge in [0.15, 0.2) is 0 Å². The number of nitrogens with one attached hydrogen (secondary N) is 2. The van der Waals surface area contributed by atoms with E-state index in [1.807, 2.05) is 49.4 Å². The predicted molar refractivity (Wildman–Crippen MR) is 127 cm³/mol. The molecule has 1 saturated carbocycles. The highest BCUT2D eigenvalue weighted by molar-refractivity contribution is 6.07. The first-order valence-corrected chi connectivity index (χ1v) is 11.2. The maximum absolute atomic E-state index is 13.1. The summed E-state index contributed by atoms with van der Waals surface area (Å²) in [6.45, 7) is 3.55. The molecule has 0 unspecified atom stereocenters. The van der Waals surface area contributed by atoms with Crippen molar-refractivity contribution < 1.29 is 9.59 Å². The Balaban J connectivity index is 1.44. The zero-order valence-electron chi connectivity index (χ0n) is 18.2. The molecule has 0 atom stereocenters. The third kappa shape index (κ3) is 4.24. The van der Waals surface area contributed by atoms with Crippen LogP contribution in [0.15, 0.2) is 66.7 Å². The van der Waals surface area contributed by atoms with Gasteiger partial charge in [-0.15, -0.1) is 0 Å². The molecule has 2 N–H and O–H groups in total. The van der Waals surface area contributed by atoms with Crippen LogP contribution in [0.4, 0.5) is 11.4 Å². The van der Waals surface area contributed by atoms with E-state index >= 15 is 0 Å². The maximum Gasteiger partial charge on any atom is 0.255 e. The fraction of sp³-hybridized carbons (Fsp3) is 0.259. The molecule has 0 bridgehead atoms. The molecule has 1 heterocycles. The average Bonchev–Trinajstić information content (AvgIpc) is 3.63. The quantitative estimate of drug-likeness (QED) is 0.623. The molecule has 0 aromatic heterocycles. The number of amides is 2. The molecule has 5 heteroatoms. The number of nitrogens with zero attached hydrogens (tertiary/aromatic N) is 1. The Morgan fingerprint density at radius 3 is 2.41 bits per heavy atom. The van der Waals surface area contributed by atoms with E-state index in [1.54, 1.807) is 0 Å². The number of carbonyl (C=O) groups is 2. The van der Waals surface area contributed by atoms with Crippen molar-refractivity contribution in [1.29, 1.82) is 0 Å². The monoisotopic (exact) mass is 425 g/mol. The summed E-state index contributed by atoms with van der Waals surface area (Å²) in [6, 6.07) is 21.9. The molecule has 1 fully saturated rings. The molecule has 5 rings (SSSR count). The summed E-state index contributed by atoms with van der Waals surface area (Å²) in [4.78, 5) is 28.2. The van der Waals surface area contributed by atoms with Gasteiger partial charge < -0.3 is 15.5 Å². The summed E-state index contributed by atoms with van der Waals surface area (Å²) in [7, 11) is 0. The topological polar surface area (TPSA) is 61.4 Å². The number of carbonyl (C=O) groups excluding carboxylic acids is 2. The van der Waals surface area contributed by atoms with Crippen LogP contribution >= 0.6 is 0 Å². The van der Waals surface area contributed by atoms with E-state index in [1.165, 1.54) is 11.1 Å². The van der Waals surface area contributed by atoms with E-state index in [-0.39, 0.29) is 17.9 Å². The number of fused-ring (bicyclic) bond motifs is 1. The summed E-state index contributed by atoms with van der Waals surface area (Å²) in [5, 5.41) is 6.08. The highest BCUT2D eigenvalue weighted by Gasteiger charge is 2.27. The first kappa shape index (κ1) is 20.3. The summed E-state index contributed by atoms with van der Waals surface area (Å²) < 4.78 is 0. The van der Waals surface area contributed by atoms with Crippen LogP contribution in [0, 0.1) is 6.92 Å². The SMILES string of the molecule is Cc1ccccc1C(=O)Nc1ccc(N2CCc3ccccc3C2)c(C(=O)NC2CC2)c1. The Kier molecular flexibility index (Phi) is 5.39. The smallest absolute Gasteiger partial charge is 0.255 e. The van der Waals surface area contributed by atoms with Crippen molar-refractivity contribution in [2.75, 3.05) is 16.8 Å². The van der Waals surface area contributed by atoms with Crippen molar-refractivity contribution in [2.45, 2.75) is 38.8 Å². The zero-order valence-corrected chi connectivity index (χ0v) is 18.2. The summed E-state index contributed by atoms with van der Waals surface area (Å²) in [5.41, 5.74) is 6.36. The van der Waals surface area contributed by atoms with E-state index in [0.717, 1.165) is 43.6 Å². The second kappa shape index (κ2) is 8.50. The molecule has 162 valence electrons. The van der Waals surface area contributed by atoms with Gasteiger partial charge in [-0.3, -0.25) is 9.59 Å². The van der Waals surface area contributed by atoms with Crippen molar-refractivity contribution in [1.82, 2.24) is 5.32 Å². The molecular weight excluding hydrogens is 398 g/mol. The lowest BCUT2D eigenvalue weighted by atomic mass is 9.98. The molecule has 0 spiro atoms. The van der Waals surface area contributed by atoms with Crippen LogP contribution in [0.3, 0.4) is 0 Å². The first-order valence-electron chi connectivity index (χ1n) is 11.2. The van der Waals surface area contributed by atoms with E-state index in [4.69, 9.17) is 0 Å². The Morgan fingerprint density at radius 2 is 1.62 bits per heavy atom. The lowest BCUT2D eigenvalue weighted by Crippen LogP contribution is -2.33. The number of rotatable bonds is 5. The number of hydrogen-bond acceptors (Lipinski definition) is 3. The largest absolute Gasteiger partial charge is 0.366 e. The Labute approximate surface area is 188 Å². The zero-order chi connectivity index (χ0) is 22.1. The highest BCUT2D eigenvalue weighted by Crippen LogP contribution is 2.31. The van der Waals surface area contributed by atoms with Crippen molar-refractivity contribution in [3.8, 4) is 0 Å². The molecule has 3 aromatic carbocycles.